The number of rotatable bonds is 2. The lowest BCUT2D eigenvalue weighted by Crippen LogP contribution is -2.46. The normalized spacial score (nSPS) is 23.4. The van der Waals surface area contributed by atoms with Crippen molar-refractivity contribution in [2.24, 2.45) is 5.92 Å². The Labute approximate surface area is 122 Å². The topological polar surface area (TPSA) is 57.6 Å². The lowest BCUT2D eigenvalue weighted by molar-refractivity contribution is -0.153. The lowest BCUT2D eigenvalue weighted by atomic mass is 9.87. The second-order valence-electron chi connectivity index (χ2n) is 5.66. The van der Waals surface area contributed by atoms with Crippen LogP contribution in [0.1, 0.15) is 48.6 Å². The maximum Gasteiger partial charge on any atom is 0.331 e. The van der Waals surface area contributed by atoms with Gasteiger partial charge in [0.15, 0.2) is 6.04 Å². The molecule has 2 aliphatic rings. The summed E-state index contributed by atoms with van der Waals surface area (Å²) in [6, 6.07) is 1.08. The summed E-state index contributed by atoms with van der Waals surface area (Å²) in [6.07, 6.45) is 5.99. The van der Waals surface area contributed by atoms with Gasteiger partial charge < -0.3 is 10.0 Å². The highest BCUT2D eigenvalue weighted by molar-refractivity contribution is 7.10. The van der Waals surface area contributed by atoms with Crippen LogP contribution in [0.15, 0.2) is 11.4 Å². The van der Waals surface area contributed by atoms with Crippen molar-refractivity contribution in [1.82, 2.24) is 4.90 Å². The third kappa shape index (κ3) is 2.35. The molecular weight excluding hydrogens is 274 g/mol. The van der Waals surface area contributed by atoms with Crippen molar-refractivity contribution in [2.45, 2.75) is 44.6 Å². The van der Waals surface area contributed by atoms with E-state index < -0.39 is 12.0 Å². The van der Waals surface area contributed by atoms with E-state index in [1.807, 2.05) is 11.4 Å². The van der Waals surface area contributed by atoms with Gasteiger partial charge in [-0.05, 0) is 36.3 Å². The summed E-state index contributed by atoms with van der Waals surface area (Å²) in [6.45, 7) is 0.541. The molecule has 1 aromatic rings. The number of carboxylic acid groups (broad SMARTS) is 1. The lowest BCUT2D eigenvalue weighted by Gasteiger charge is -2.36. The number of fused-ring (bicyclic) bond motifs is 1. The van der Waals surface area contributed by atoms with Gasteiger partial charge in [0, 0.05) is 17.3 Å². The second-order valence-corrected chi connectivity index (χ2v) is 6.66. The minimum absolute atomic E-state index is 0.0331. The van der Waals surface area contributed by atoms with Crippen molar-refractivity contribution < 1.29 is 14.7 Å². The van der Waals surface area contributed by atoms with Crippen LogP contribution in [0.3, 0.4) is 0 Å². The van der Waals surface area contributed by atoms with E-state index in [9.17, 15) is 14.7 Å². The quantitative estimate of drug-likeness (QED) is 0.912. The van der Waals surface area contributed by atoms with Crippen LogP contribution in [0.25, 0.3) is 0 Å². The predicted octanol–water partition coefficient (Wildman–Crippen LogP) is 2.84. The average molecular weight is 293 g/mol. The van der Waals surface area contributed by atoms with Crippen molar-refractivity contribution in [1.29, 1.82) is 0 Å². The summed E-state index contributed by atoms with van der Waals surface area (Å²) in [5.74, 6) is -0.826. The smallest absolute Gasteiger partial charge is 0.331 e. The summed E-state index contributed by atoms with van der Waals surface area (Å²) in [5, 5.41) is 11.5. The van der Waals surface area contributed by atoms with Crippen molar-refractivity contribution in [3.8, 4) is 0 Å². The first kappa shape index (κ1) is 13.6. The van der Waals surface area contributed by atoms with Gasteiger partial charge >= 0.3 is 5.97 Å². The molecule has 1 saturated carbocycles. The Morgan fingerprint density at radius 2 is 2.00 bits per heavy atom. The number of hydrogen-bond acceptors (Lipinski definition) is 3. The summed E-state index contributed by atoms with van der Waals surface area (Å²) < 4.78 is 0. The van der Waals surface area contributed by atoms with E-state index in [-0.39, 0.29) is 11.8 Å². The number of carboxylic acids is 1. The fourth-order valence-electron chi connectivity index (χ4n) is 3.40. The van der Waals surface area contributed by atoms with E-state index in [1.54, 1.807) is 16.2 Å². The van der Waals surface area contributed by atoms with Gasteiger partial charge in [0.1, 0.15) is 0 Å². The minimum atomic E-state index is -0.909. The fraction of sp³-hybridized carbons (Fsp3) is 0.600. The van der Waals surface area contributed by atoms with Crippen LogP contribution in [-0.2, 0) is 16.0 Å². The fourth-order valence-corrected chi connectivity index (χ4v) is 4.31. The zero-order valence-corrected chi connectivity index (χ0v) is 12.2. The van der Waals surface area contributed by atoms with Crippen molar-refractivity contribution in [3.05, 3.63) is 21.9 Å². The number of thiophene rings is 1. The first-order chi connectivity index (χ1) is 9.68. The maximum atomic E-state index is 12.7. The molecule has 1 atom stereocenters. The largest absolute Gasteiger partial charge is 0.479 e. The Bertz CT molecular complexity index is 519. The molecule has 3 rings (SSSR count). The highest BCUT2D eigenvalue weighted by Gasteiger charge is 2.39. The molecule has 0 bridgehead atoms. The molecule has 1 aromatic heterocycles. The number of amides is 1. The molecule has 5 heteroatoms. The molecule has 1 fully saturated rings. The molecule has 1 aliphatic heterocycles. The van der Waals surface area contributed by atoms with E-state index in [0.717, 1.165) is 42.5 Å². The highest BCUT2D eigenvalue weighted by Crippen LogP contribution is 2.36. The highest BCUT2D eigenvalue weighted by atomic mass is 32.1. The van der Waals surface area contributed by atoms with E-state index >= 15 is 0 Å². The van der Waals surface area contributed by atoms with Crippen LogP contribution >= 0.6 is 11.3 Å². The van der Waals surface area contributed by atoms with Crippen molar-refractivity contribution in [2.75, 3.05) is 6.54 Å². The van der Waals surface area contributed by atoms with E-state index in [0.29, 0.717) is 6.54 Å². The summed E-state index contributed by atoms with van der Waals surface area (Å²) in [7, 11) is 0. The average Bonchev–Trinajstić information content (AvgIpc) is 2.94. The molecule has 2 heterocycles. The third-order valence-corrected chi connectivity index (χ3v) is 5.43. The molecule has 108 valence electrons. The van der Waals surface area contributed by atoms with Gasteiger partial charge in [-0.1, -0.05) is 19.3 Å². The SMILES string of the molecule is O=C(O)C1c2ccsc2CCN1C(=O)C1CCCCC1. The molecule has 1 aliphatic carbocycles. The zero-order valence-electron chi connectivity index (χ0n) is 11.4. The van der Waals surface area contributed by atoms with Crippen LogP contribution in [0.2, 0.25) is 0 Å². The van der Waals surface area contributed by atoms with E-state index in [4.69, 9.17) is 0 Å². The Hall–Kier alpha value is -1.36. The van der Waals surface area contributed by atoms with Crippen molar-refractivity contribution >= 4 is 23.2 Å². The third-order valence-electron chi connectivity index (χ3n) is 4.44. The number of nitrogens with zero attached hydrogens (tertiary/aromatic N) is 1. The van der Waals surface area contributed by atoms with Gasteiger partial charge in [0.05, 0.1) is 0 Å². The maximum absolute atomic E-state index is 12.7. The van der Waals surface area contributed by atoms with E-state index in [2.05, 4.69) is 0 Å². The molecule has 4 nitrogen and oxygen atoms in total. The minimum Gasteiger partial charge on any atom is -0.479 e. The monoisotopic (exact) mass is 293 g/mol. The van der Waals surface area contributed by atoms with Crippen LogP contribution in [0, 0.1) is 5.92 Å². The van der Waals surface area contributed by atoms with Gasteiger partial charge in [-0.2, -0.15) is 0 Å². The van der Waals surface area contributed by atoms with Gasteiger partial charge in [-0.15, -0.1) is 11.3 Å². The van der Waals surface area contributed by atoms with Crippen LogP contribution in [0.5, 0.6) is 0 Å². The van der Waals surface area contributed by atoms with Gasteiger partial charge in [0.2, 0.25) is 5.91 Å². The Morgan fingerprint density at radius 1 is 1.25 bits per heavy atom. The van der Waals surface area contributed by atoms with Gasteiger partial charge in [-0.25, -0.2) is 4.79 Å². The number of aliphatic carboxylic acids is 1. The van der Waals surface area contributed by atoms with Crippen LogP contribution < -0.4 is 0 Å². The Balaban J connectivity index is 1.85. The van der Waals surface area contributed by atoms with Crippen molar-refractivity contribution in [3.63, 3.8) is 0 Å². The molecule has 0 radical (unpaired) electrons. The second kappa shape index (κ2) is 5.56. The summed E-state index contributed by atoms with van der Waals surface area (Å²) >= 11 is 1.59. The molecule has 0 spiro atoms. The summed E-state index contributed by atoms with van der Waals surface area (Å²) in [4.78, 5) is 27.0. The van der Waals surface area contributed by atoms with Crippen LogP contribution in [-0.4, -0.2) is 28.4 Å². The molecule has 1 amide bonds. The predicted molar refractivity (Wildman–Crippen MR) is 76.7 cm³/mol. The first-order valence-electron chi connectivity index (χ1n) is 7.28. The number of carbonyl (C=O) groups is 2. The van der Waals surface area contributed by atoms with Crippen LogP contribution in [0.4, 0.5) is 0 Å². The molecule has 0 aromatic carbocycles. The molecule has 1 N–H and O–H groups in total. The Kier molecular flexibility index (Phi) is 3.78. The molecular formula is C15H19NO3S. The molecule has 0 saturated heterocycles. The Morgan fingerprint density at radius 3 is 2.70 bits per heavy atom. The first-order valence-corrected chi connectivity index (χ1v) is 8.16. The van der Waals surface area contributed by atoms with Gasteiger partial charge in [-0.3, -0.25) is 4.79 Å². The van der Waals surface area contributed by atoms with Gasteiger partial charge in [0.25, 0.3) is 0 Å². The number of carbonyl (C=O) groups excluding carboxylic acids is 1. The number of hydrogen-bond donors (Lipinski definition) is 1. The summed E-state index contributed by atoms with van der Waals surface area (Å²) in [5.41, 5.74) is 0.818. The molecule has 20 heavy (non-hydrogen) atoms. The van der Waals surface area contributed by atoms with E-state index in [1.165, 1.54) is 6.42 Å². The molecule has 1 unspecified atom stereocenters. The zero-order chi connectivity index (χ0) is 14.1. The standard InChI is InChI=1S/C15H19NO3S/c17-14(10-4-2-1-3-5-10)16-8-6-12-11(7-9-20-12)13(16)15(18)19/h7,9-10,13H,1-6,8H2,(H,18,19).